The number of nitrogens with zero attached hydrogens (tertiary/aromatic N) is 5. The summed E-state index contributed by atoms with van der Waals surface area (Å²) < 4.78 is 7.16. The second-order valence-electron chi connectivity index (χ2n) is 6.31. The summed E-state index contributed by atoms with van der Waals surface area (Å²) in [6.45, 7) is 2.61. The molecular formula is C18H24N6O. The molecule has 7 nitrogen and oxygen atoms in total. The number of aryl methyl sites for hydroxylation is 2. The van der Waals surface area contributed by atoms with Gasteiger partial charge >= 0.3 is 0 Å². The molecule has 2 aromatic heterocycles. The Labute approximate surface area is 147 Å². The fraction of sp³-hybridized carbons (Fsp3) is 0.389. The molecule has 0 saturated heterocycles. The highest BCUT2D eigenvalue weighted by molar-refractivity contribution is 5.90. The highest BCUT2D eigenvalue weighted by Crippen LogP contribution is 2.26. The van der Waals surface area contributed by atoms with E-state index in [1.54, 1.807) is 7.11 Å². The zero-order valence-electron chi connectivity index (χ0n) is 15.3. The Bertz CT molecular complexity index is 873. The summed E-state index contributed by atoms with van der Waals surface area (Å²) in [4.78, 5) is 11.3. The minimum atomic E-state index is 0.185. The largest absolute Gasteiger partial charge is 0.497 e. The van der Waals surface area contributed by atoms with Crippen molar-refractivity contribution in [2.45, 2.75) is 13.0 Å². The molecule has 0 radical (unpaired) electrons. The van der Waals surface area contributed by atoms with Crippen molar-refractivity contribution < 1.29 is 4.74 Å². The Balaban J connectivity index is 1.91. The molecule has 0 amide bonds. The first-order chi connectivity index (χ1) is 12.0. The third-order valence-electron chi connectivity index (χ3n) is 4.21. The molecule has 0 aliphatic rings. The van der Waals surface area contributed by atoms with Crippen LogP contribution < -0.4 is 10.1 Å². The predicted molar refractivity (Wildman–Crippen MR) is 99.0 cm³/mol. The molecule has 0 fully saturated rings. The molecule has 0 spiro atoms. The minimum absolute atomic E-state index is 0.185. The molecule has 1 N–H and O–H groups in total. The third kappa shape index (κ3) is 3.71. The van der Waals surface area contributed by atoms with E-state index in [-0.39, 0.29) is 6.04 Å². The van der Waals surface area contributed by atoms with E-state index in [9.17, 15) is 0 Å². The summed E-state index contributed by atoms with van der Waals surface area (Å²) in [5.41, 5.74) is 2.06. The van der Waals surface area contributed by atoms with Crippen LogP contribution in [0.2, 0.25) is 0 Å². The number of fused-ring (bicyclic) bond motifs is 1. The standard InChI is InChI=1S/C18H24N6O/c1-12-21-16-7-6-14(25-5)8-15(16)18(22-12)19-10-17(23(2)3)13-9-20-24(4)11-13/h6-9,11,17H,10H2,1-5H3,(H,19,21,22)/t17-/m0/s1. The van der Waals surface area contributed by atoms with Gasteiger partial charge in [0.25, 0.3) is 0 Å². The lowest BCUT2D eigenvalue weighted by molar-refractivity contribution is 0.311. The lowest BCUT2D eigenvalue weighted by atomic mass is 10.1. The zero-order valence-corrected chi connectivity index (χ0v) is 15.3. The molecule has 0 unspecified atom stereocenters. The molecule has 2 heterocycles. The molecule has 1 atom stereocenters. The van der Waals surface area contributed by atoms with Crippen molar-refractivity contribution in [3.63, 3.8) is 0 Å². The van der Waals surface area contributed by atoms with Crippen LogP contribution in [0.4, 0.5) is 5.82 Å². The van der Waals surface area contributed by atoms with Crippen LogP contribution >= 0.6 is 0 Å². The average molecular weight is 340 g/mol. The Morgan fingerprint density at radius 3 is 2.72 bits per heavy atom. The van der Waals surface area contributed by atoms with Crippen LogP contribution in [0.1, 0.15) is 17.4 Å². The maximum Gasteiger partial charge on any atom is 0.137 e. The fourth-order valence-corrected chi connectivity index (χ4v) is 2.89. The summed E-state index contributed by atoms with van der Waals surface area (Å²) >= 11 is 0. The fourth-order valence-electron chi connectivity index (χ4n) is 2.89. The number of aromatic nitrogens is 4. The molecule has 3 aromatic rings. The first-order valence-corrected chi connectivity index (χ1v) is 8.19. The van der Waals surface area contributed by atoms with Crippen molar-refractivity contribution in [3.05, 3.63) is 42.0 Å². The topological polar surface area (TPSA) is 68.1 Å². The Kier molecular flexibility index (Phi) is 4.85. The number of methoxy groups -OCH3 is 1. The third-order valence-corrected chi connectivity index (χ3v) is 4.21. The van der Waals surface area contributed by atoms with Crippen molar-refractivity contribution in [2.24, 2.45) is 7.05 Å². The Hall–Kier alpha value is -2.67. The van der Waals surface area contributed by atoms with E-state index in [0.29, 0.717) is 6.54 Å². The SMILES string of the molecule is COc1ccc2nc(C)nc(NC[C@@H](c3cnn(C)c3)N(C)C)c2c1. The van der Waals surface area contributed by atoms with E-state index in [4.69, 9.17) is 4.74 Å². The van der Waals surface area contributed by atoms with Crippen LogP contribution in [0.3, 0.4) is 0 Å². The molecule has 0 bridgehead atoms. The summed E-state index contributed by atoms with van der Waals surface area (Å²) in [6.07, 6.45) is 3.94. The second kappa shape index (κ2) is 7.06. The van der Waals surface area contributed by atoms with Crippen LogP contribution in [0.5, 0.6) is 5.75 Å². The summed E-state index contributed by atoms with van der Waals surface area (Å²) in [5.74, 6) is 2.35. The summed E-state index contributed by atoms with van der Waals surface area (Å²) in [6, 6.07) is 6.02. The zero-order chi connectivity index (χ0) is 18.0. The van der Waals surface area contributed by atoms with Gasteiger partial charge in [-0.3, -0.25) is 4.68 Å². The van der Waals surface area contributed by atoms with E-state index < -0.39 is 0 Å². The lowest BCUT2D eigenvalue weighted by Gasteiger charge is -2.24. The highest BCUT2D eigenvalue weighted by atomic mass is 16.5. The molecular weight excluding hydrogens is 316 g/mol. The molecule has 132 valence electrons. The normalized spacial score (nSPS) is 12.6. The van der Waals surface area contributed by atoms with Gasteiger partial charge in [-0.25, -0.2) is 9.97 Å². The van der Waals surface area contributed by atoms with Crippen LogP contribution in [0.25, 0.3) is 10.9 Å². The van der Waals surface area contributed by atoms with Crippen LogP contribution in [-0.4, -0.2) is 52.4 Å². The highest BCUT2D eigenvalue weighted by Gasteiger charge is 2.17. The number of ether oxygens (including phenoxy) is 1. The Morgan fingerprint density at radius 2 is 2.08 bits per heavy atom. The maximum atomic E-state index is 5.34. The molecule has 0 saturated carbocycles. The summed E-state index contributed by atoms with van der Waals surface area (Å²) in [7, 11) is 7.71. The van der Waals surface area contributed by atoms with Gasteiger partial charge in [0.15, 0.2) is 0 Å². The quantitative estimate of drug-likeness (QED) is 0.743. The van der Waals surface area contributed by atoms with Crippen molar-refractivity contribution >= 4 is 16.7 Å². The van der Waals surface area contributed by atoms with Gasteiger partial charge in [-0.2, -0.15) is 5.10 Å². The monoisotopic (exact) mass is 340 g/mol. The van der Waals surface area contributed by atoms with Crippen molar-refractivity contribution in [2.75, 3.05) is 33.1 Å². The van der Waals surface area contributed by atoms with Crippen molar-refractivity contribution in [1.29, 1.82) is 0 Å². The predicted octanol–water partition coefficient (Wildman–Crippen LogP) is 2.40. The van der Waals surface area contributed by atoms with Gasteiger partial charge in [-0.05, 0) is 39.2 Å². The van der Waals surface area contributed by atoms with Gasteiger partial charge in [-0.15, -0.1) is 0 Å². The number of hydrogen-bond acceptors (Lipinski definition) is 6. The molecule has 25 heavy (non-hydrogen) atoms. The average Bonchev–Trinajstić information content (AvgIpc) is 3.00. The van der Waals surface area contributed by atoms with Gasteiger partial charge in [0.2, 0.25) is 0 Å². The summed E-state index contributed by atoms with van der Waals surface area (Å²) in [5, 5.41) is 8.72. The molecule has 0 aliphatic heterocycles. The molecule has 1 aromatic carbocycles. The molecule has 0 aliphatic carbocycles. The molecule has 3 rings (SSSR count). The number of likely N-dealkylation sites (N-methyl/N-ethyl adjacent to an activating group) is 1. The number of hydrogen-bond donors (Lipinski definition) is 1. The first kappa shape index (κ1) is 17.2. The van der Waals surface area contributed by atoms with Crippen molar-refractivity contribution in [3.8, 4) is 5.75 Å². The van der Waals surface area contributed by atoms with E-state index in [1.165, 1.54) is 0 Å². The second-order valence-corrected chi connectivity index (χ2v) is 6.31. The lowest BCUT2D eigenvalue weighted by Crippen LogP contribution is -2.27. The van der Waals surface area contributed by atoms with Gasteiger partial charge < -0.3 is 15.0 Å². The smallest absolute Gasteiger partial charge is 0.137 e. The van der Waals surface area contributed by atoms with Crippen LogP contribution in [-0.2, 0) is 7.05 Å². The van der Waals surface area contributed by atoms with E-state index in [2.05, 4.69) is 39.4 Å². The van der Waals surface area contributed by atoms with Crippen LogP contribution in [0.15, 0.2) is 30.6 Å². The first-order valence-electron chi connectivity index (χ1n) is 8.19. The number of nitrogens with one attached hydrogen (secondary N) is 1. The number of anilines is 1. The van der Waals surface area contributed by atoms with Gasteiger partial charge in [-0.1, -0.05) is 0 Å². The number of rotatable bonds is 6. The maximum absolute atomic E-state index is 5.34. The van der Waals surface area contributed by atoms with E-state index in [0.717, 1.165) is 33.9 Å². The van der Waals surface area contributed by atoms with Gasteiger partial charge in [0.1, 0.15) is 17.4 Å². The minimum Gasteiger partial charge on any atom is -0.497 e. The van der Waals surface area contributed by atoms with Gasteiger partial charge in [0, 0.05) is 30.7 Å². The molecule has 7 heteroatoms. The van der Waals surface area contributed by atoms with E-state index >= 15 is 0 Å². The number of benzene rings is 1. The van der Waals surface area contributed by atoms with Crippen LogP contribution in [0, 0.1) is 6.92 Å². The Morgan fingerprint density at radius 1 is 1.28 bits per heavy atom. The van der Waals surface area contributed by atoms with Gasteiger partial charge in [0.05, 0.1) is 24.9 Å². The van der Waals surface area contributed by atoms with E-state index in [1.807, 2.05) is 49.2 Å². The van der Waals surface area contributed by atoms with Crippen molar-refractivity contribution in [1.82, 2.24) is 24.6 Å².